The van der Waals surface area contributed by atoms with Crippen LogP contribution < -0.4 is 0 Å². The van der Waals surface area contributed by atoms with Crippen molar-refractivity contribution in [2.24, 2.45) is 5.41 Å². The van der Waals surface area contributed by atoms with Crippen LogP contribution in [0.1, 0.15) is 49.5 Å². The van der Waals surface area contributed by atoms with Gasteiger partial charge in [-0.05, 0) is 62.1 Å². The lowest BCUT2D eigenvalue weighted by molar-refractivity contribution is -0.143. The van der Waals surface area contributed by atoms with Crippen LogP contribution in [0.25, 0.3) is 0 Å². The average Bonchev–Trinajstić information content (AvgIpc) is 2.73. The Morgan fingerprint density at radius 1 is 1.15 bits per heavy atom. The van der Waals surface area contributed by atoms with Gasteiger partial charge in [0.25, 0.3) is 0 Å². The summed E-state index contributed by atoms with van der Waals surface area (Å²) in [5.41, 5.74) is -3.69. The molecule has 10 heteroatoms. The van der Waals surface area contributed by atoms with E-state index < -0.39 is 47.1 Å². The van der Waals surface area contributed by atoms with E-state index in [9.17, 15) is 36.2 Å². The van der Waals surface area contributed by atoms with E-state index in [0.717, 1.165) is 0 Å². The molecule has 1 N–H and O–H groups in total. The van der Waals surface area contributed by atoms with Crippen LogP contribution in [0.4, 0.5) is 26.3 Å². The molecule has 1 aliphatic carbocycles. The van der Waals surface area contributed by atoms with Crippen molar-refractivity contribution in [3.8, 4) is 0 Å². The summed E-state index contributed by atoms with van der Waals surface area (Å²) < 4.78 is 90.8. The van der Waals surface area contributed by atoms with Gasteiger partial charge in [0.15, 0.2) is 0 Å². The Kier molecular flexibility index (Phi) is 6.70. The van der Waals surface area contributed by atoms with Crippen molar-refractivity contribution >= 4 is 5.97 Å². The summed E-state index contributed by atoms with van der Waals surface area (Å²) >= 11 is 0. The largest absolute Gasteiger partial charge is 0.497 e. The van der Waals surface area contributed by atoms with Crippen LogP contribution in [0.2, 0.25) is 0 Å². The standard InChI is InChI=1S/C23H22F6O4/c1-13(14-9-15(22(24,25)26)11-16(10-14)23(27,28)29)33-19-5-3-4-7-21(19,2)18-12-32-8-6-17(18)20(30)31/h4,6-11,13,19H,3,5,12H2,1-2H3,(H,30,31)/t13-,19?,21?/m1/s1. The van der Waals surface area contributed by atoms with E-state index in [1.807, 2.05) is 6.08 Å². The predicted octanol–water partition coefficient (Wildman–Crippen LogP) is 6.45. The lowest BCUT2D eigenvalue weighted by Crippen LogP contribution is -2.40. The summed E-state index contributed by atoms with van der Waals surface area (Å²) in [6.45, 7) is 3.06. The number of allylic oxidation sites excluding steroid dienone is 1. The van der Waals surface area contributed by atoms with Crippen molar-refractivity contribution in [2.45, 2.75) is 51.2 Å². The maximum atomic E-state index is 13.2. The van der Waals surface area contributed by atoms with Crippen molar-refractivity contribution in [3.63, 3.8) is 0 Å². The molecule has 0 spiro atoms. The molecule has 0 saturated heterocycles. The van der Waals surface area contributed by atoms with E-state index >= 15 is 0 Å². The van der Waals surface area contributed by atoms with Crippen molar-refractivity contribution in [1.82, 2.24) is 0 Å². The molecular weight excluding hydrogens is 454 g/mol. The molecule has 33 heavy (non-hydrogen) atoms. The van der Waals surface area contributed by atoms with Crippen LogP contribution in [0, 0.1) is 5.41 Å². The molecule has 0 radical (unpaired) electrons. The molecule has 1 aromatic rings. The third kappa shape index (κ3) is 5.26. The lowest BCUT2D eigenvalue weighted by atomic mass is 9.70. The van der Waals surface area contributed by atoms with Gasteiger partial charge in [0, 0.05) is 5.41 Å². The van der Waals surface area contributed by atoms with Crippen molar-refractivity contribution < 1.29 is 45.7 Å². The van der Waals surface area contributed by atoms with Crippen LogP contribution in [-0.4, -0.2) is 23.8 Å². The summed E-state index contributed by atoms with van der Waals surface area (Å²) in [6, 6.07) is 1.36. The number of benzene rings is 1. The van der Waals surface area contributed by atoms with Crippen molar-refractivity contribution in [1.29, 1.82) is 0 Å². The van der Waals surface area contributed by atoms with Gasteiger partial charge in [0.2, 0.25) is 0 Å². The minimum atomic E-state index is -4.97. The van der Waals surface area contributed by atoms with Gasteiger partial charge in [0.1, 0.15) is 6.61 Å². The van der Waals surface area contributed by atoms with Gasteiger partial charge in [-0.1, -0.05) is 12.2 Å². The third-order valence-electron chi connectivity index (χ3n) is 5.94. The molecule has 1 aliphatic heterocycles. The van der Waals surface area contributed by atoms with Gasteiger partial charge in [0.05, 0.1) is 35.2 Å². The minimum Gasteiger partial charge on any atom is -0.497 e. The minimum absolute atomic E-state index is 0.00924. The quantitative estimate of drug-likeness (QED) is 0.392. The molecule has 1 aromatic carbocycles. The second-order valence-corrected chi connectivity index (χ2v) is 8.18. The molecule has 0 aromatic heterocycles. The Morgan fingerprint density at radius 3 is 2.30 bits per heavy atom. The number of hydrogen-bond acceptors (Lipinski definition) is 3. The topological polar surface area (TPSA) is 55.8 Å². The number of carboxylic acid groups (broad SMARTS) is 1. The third-order valence-corrected chi connectivity index (χ3v) is 5.94. The first-order valence-corrected chi connectivity index (χ1v) is 10.1. The Bertz CT molecular complexity index is 973. The monoisotopic (exact) mass is 476 g/mol. The first kappa shape index (κ1) is 24.9. The molecule has 2 unspecified atom stereocenters. The van der Waals surface area contributed by atoms with Crippen molar-refractivity contribution in [2.75, 3.05) is 6.61 Å². The fourth-order valence-electron chi connectivity index (χ4n) is 4.10. The highest BCUT2D eigenvalue weighted by Gasteiger charge is 2.42. The van der Waals surface area contributed by atoms with Crippen molar-refractivity contribution in [3.05, 3.63) is 70.5 Å². The summed E-state index contributed by atoms with van der Waals surface area (Å²) in [7, 11) is 0. The zero-order chi connectivity index (χ0) is 24.6. The highest BCUT2D eigenvalue weighted by Crippen LogP contribution is 2.45. The van der Waals surface area contributed by atoms with E-state index in [1.54, 1.807) is 13.0 Å². The van der Waals surface area contributed by atoms with E-state index in [4.69, 9.17) is 9.47 Å². The Balaban J connectivity index is 1.99. The smallest absolute Gasteiger partial charge is 0.416 e. The summed E-state index contributed by atoms with van der Waals surface area (Å²) in [6.07, 6.45) is -4.68. The number of carboxylic acids is 1. The molecule has 2 aliphatic rings. The molecule has 3 rings (SSSR count). The second kappa shape index (κ2) is 8.89. The number of ether oxygens (including phenoxy) is 2. The van der Waals surface area contributed by atoms with E-state index in [2.05, 4.69) is 0 Å². The summed E-state index contributed by atoms with van der Waals surface area (Å²) in [4.78, 5) is 11.7. The number of hydrogen-bond donors (Lipinski definition) is 1. The lowest BCUT2D eigenvalue weighted by Gasteiger charge is -2.42. The first-order chi connectivity index (χ1) is 15.2. The summed E-state index contributed by atoms with van der Waals surface area (Å²) in [5, 5.41) is 9.57. The highest BCUT2D eigenvalue weighted by molar-refractivity contribution is 5.91. The highest BCUT2D eigenvalue weighted by atomic mass is 19.4. The molecule has 0 fully saturated rings. The van der Waals surface area contributed by atoms with Gasteiger partial charge in [-0.2, -0.15) is 26.3 Å². The molecule has 3 atom stereocenters. The Morgan fingerprint density at radius 2 is 1.76 bits per heavy atom. The van der Waals surface area contributed by atoms with Gasteiger partial charge < -0.3 is 14.6 Å². The maximum Gasteiger partial charge on any atom is 0.416 e. The van der Waals surface area contributed by atoms with Crippen LogP contribution >= 0.6 is 0 Å². The van der Waals surface area contributed by atoms with Crippen LogP contribution in [0.3, 0.4) is 0 Å². The molecule has 0 amide bonds. The van der Waals surface area contributed by atoms with E-state index in [1.165, 1.54) is 19.3 Å². The number of halogens is 6. The van der Waals surface area contributed by atoms with Gasteiger partial charge in [-0.3, -0.25) is 0 Å². The van der Waals surface area contributed by atoms with Gasteiger partial charge >= 0.3 is 18.3 Å². The fraction of sp³-hybridized carbons (Fsp3) is 0.435. The van der Waals surface area contributed by atoms with E-state index in [-0.39, 0.29) is 23.8 Å². The summed E-state index contributed by atoms with van der Waals surface area (Å²) in [5.74, 6) is -1.18. The van der Waals surface area contributed by atoms with Gasteiger partial charge in [-0.15, -0.1) is 0 Å². The molecule has 4 nitrogen and oxygen atoms in total. The fourth-order valence-corrected chi connectivity index (χ4v) is 4.10. The second-order valence-electron chi connectivity index (χ2n) is 8.18. The molecule has 180 valence electrons. The Hall–Kier alpha value is -2.75. The number of rotatable bonds is 5. The number of carbonyl (C=O) groups is 1. The van der Waals surface area contributed by atoms with E-state index in [0.29, 0.717) is 30.5 Å². The Labute approximate surface area is 186 Å². The molecule has 0 bridgehead atoms. The zero-order valence-corrected chi connectivity index (χ0v) is 17.8. The van der Waals surface area contributed by atoms with Crippen LogP contribution in [0.5, 0.6) is 0 Å². The predicted molar refractivity (Wildman–Crippen MR) is 106 cm³/mol. The molecule has 0 saturated carbocycles. The number of alkyl halides is 6. The first-order valence-electron chi connectivity index (χ1n) is 10.1. The SMILES string of the molecule is C[C@@H](OC1CCC=CC1(C)C1=C(C(=O)O)C=COC1)c1cc(C(F)(F)F)cc(C(F)(F)F)c1. The van der Waals surface area contributed by atoms with Gasteiger partial charge in [-0.25, -0.2) is 4.79 Å². The molecule has 1 heterocycles. The normalized spacial score (nSPS) is 24.5. The van der Waals surface area contributed by atoms with Crippen LogP contribution in [0.15, 0.2) is 53.8 Å². The van der Waals surface area contributed by atoms with Crippen LogP contribution in [-0.2, 0) is 26.6 Å². The maximum absolute atomic E-state index is 13.2. The average molecular weight is 476 g/mol. The number of aliphatic carboxylic acids is 1. The zero-order valence-electron chi connectivity index (χ0n) is 17.8. The molecular formula is C23H22F6O4.